The molecule has 0 saturated carbocycles. The number of hydrogen-bond donors (Lipinski definition) is 2. The number of likely N-dealkylation sites (tertiary alicyclic amines) is 1. The summed E-state index contributed by atoms with van der Waals surface area (Å²) in [6.45, 7) is 13.0. The molecule has 5 nitrogen and oxygen atoms in total. The predicted octanol–water partition coefficient (Wildman–Crippen LogP) is 1.25. The van der Waals surface area contributed by atoms with E-state index in [2.05, 4.69) is 35.9 Å². The van der Waals surface area contributed by atoms with Crippen LogP contribution in [0, 0.1) is 0 Å². The van der Waals surface area contributed by atoms with Gasteiger partial charge in [-0.1, -0.05) is 20.8 Å². The third-order valence-electron chi connectivity index (χ3n) is 4.44. The molecule has 118 valence electrons. The van der Waals surface area contributed by atoms with E-state index in [1.165, 1.54) is 0 Å². The number of hydrogen-bond acceptors (Lipinski definition) is 4. The first-order valence-electron chi connectivity index (χ1n) is 8.01. The van der Waals surface area contributed by atoms with Gasteiger partial charge in [-0.15, -0.1) is 0 Å². The SMILES string of the molecule is CCCN1CCC(NCCN(CC)CC)(C(=O)O)CC1. The molecule has 5 heteroatoms. The number of nitrogens with zero attached hydrogens (tertiary/aromatic N) is 2. The van der Waals surface area contributed by atoms with E-state index in [0.717, 1.165) is 52.2 Å². The number of likely N-dealkylation sites (N-methyl/N-ethyl adjacent to an activating group) is 1. The van der Waals surface area contributed by atoms with Crippen LogP contribution in [-0.2, 0) is 4.79 Å². The third-order valence-corrected chi connectivity index (χ3v) is 4.44. The van der Waals surface area contributed by atoms with Crippen LogP contribution in [0.1, 0.15) is 40.0 Å². The zero-order valence-electron chi connectivity index (χ0n) is 13.3. The molecule has 0 aliphatic carbocycles. The molecular weight excluding hydrogens is 254 g/mol. The third kappa shape index (κ3) is 4.72. The van der Waals surface area contributed by atoms with Crippen molar-refractivity contribution in [1.29, 1.82) is 0 Å². The van der Waals surface area contributed by atoms with Crippen molar-refractivity contribution in [1.82, 2.24) is 15.1 Å². The van der Waals surface area contributed by atoms with Crippen LogP contribution in [0.5, 0.6) is 0 Å². The minimum atomic E-state index is -0.711. The van der Waals surface area contributed by atoms with Crippen molar-refractivity contribution in [3.63, 3.8) is 0 Å². The first-order valence-corrected chi connectivity index (χ1v) is 8.01. The first kappa shape index (κ1) is 17.4. The van der Waals surface area contributed by atoms with Crippen LogP contribution in [0.15, 0.2) is 0 Å². The molecule has 0 unspecified atom stereocenters. The second-order valence-corrected chi connectivity index (χ2v) is 5.68. The van der Waals surface area contributed by atoms with Gasteiger partial charge in [0.1, 0.15) is 5.54 Å². The van der Waals surface area contributed by atoms with Gasteiger partial charge in [0.2, 0.25) is 0 Å². The van der Waals surface area contributed by atoms with Crippen molar-refractivity contribution < 1.29 is 9.90 Å². The van der Waals surface area contributed by atoms with Crippen molar-refractivity contribution in [3.05, 3.63) is 0 Å². The van der Waals surface area contributed by atoms with Gasteiger partial charge in [-0.25, -0.2) is 0 Å². The molecule has 0 radical (unpaired) electrons. The molecule has 2 N–H and O–H groups in total. The van der Waals surface area contributed by atoms with Gasteiger partial charge in [-0.05, 0) is 38.9 Å². The zero-order valence-corrected chi connectivity index (χ0v) is 13.3. The smallest absolute Gasteiger partial charge is 0.323 e. The maximum Gasteiger partial charge on any atom is 0.323 e. The molecule has 20 heavy (non-hydrogen) atoms. The van der Waals surface area contributed by atoms with Crippen LogP contribution in [0.4, 0.5) is 0 Å². The molecule has 0 aromatic carbocycles. The number of carboxylic acid groups (broad SMARTS) is 1. The van der Waals surface area contributed by atoms with Crippen LogP contribution in [-0.4, -0.2) is 72.2 Å². The lowest BCUT2D eigenvalue weighted by Crippen LogP contribution is -2.59. The molecule has 0 bridgehead atoms. The summed E-state index contributed by atoms with van der Waals surface area (Å²) in [6.07, 6.45) is 2.55. The van der Waals surface area contributed by atoms with Gasteiger partial charge < -0.3 is 20.2 Å². The Kier molecular flexibility index (Phi) is 7.48. The Morgan fingerprint density at radius 2 is 1.85 bits per heavy atom. The monoisotopic (exact) mass is 285 g/mol. The fourth-order valence-corrected chi connectivity index (χ4v) is 2.93. The largest absolute Gasteiger partial charge is 0.480 e. The number of aliphatic carboxylic acids is 1. The van der Waals surface area contributed by atoms with Crippen LogP contribution in [0.3, 0.4) is 0 Å². The molecule has 0 amide bonds. The number of nitrogens with one attached hydrogen (secondary N) is 1. The highest BCUT2D eigenvalue weighted by atomic mass is 16.4. The highest BCUT2D eigenvalue weighted by molar-refractivity contribution is 5.79. The molecule has 0 aromatic heterocycles. The molecule has 1 heterocycles. The normalized spacial score (nSPS) is 19.4. The fourth-order valence-electron chi connectivity index (χ4n) is 2.93. The van der Waals surface area contributed by atoms with Gasteiger partial charge in [0.05, 0.1) is 0 Å². The van der Waals surface area contributed by atoms with Gasteiger partial charge in [0.15, 0.2) is 0 Å². The van der Waals surface area contributed by atoms with Crippen molar-refractivity contribution in [3.8, 4) is 0 Å². The molecule has 1 fully saturated rings. The van der Waals surface area contributed by atoms with Gasteiger partial charge in [-0.2, -0.15) is 0 Å². The molecular formula is C15H31N3O2. The quantitative estimate of drug-likeness (QED) is 0.668. The minimum absolute atomic E-state index is 0.687. The van der Waals surface area contributed by atoms with Crippen LogP contribution < -0.4 is 5.32 Å². The van der Waals surface area contributed by atoms with Crippen molar-refractivity contribution in [2.45, 2.75) is 45.6 Å². The van der Waals surface area contributed by atoms with Gasteiger partial charge in [0.25, 0.3) is 0 Å². The Balaban J connectivity index is 2.46. The second kappa shape index (κ2) is 8.60. The van der Waals surface area contributed by atoms with E-state index >= 15 is 0 Å². The molecule has 0 aromatic rings. The molecule has 1 saturated heterocycles. The highest BCUT2D eigenvalue weighted by Crippen LogP contribution is 2.22. The van der Waals surface area contributed by atoms with E-state index < -0.39 is 11.5 Å². The average Bonchev–Trinajstić information content (AvgIpc) is 2.45. The van der Waals surface area contributed by atoms with Gasteiger partial charge in [0, 0.05) is 26.2 Å². The zero-order chi connectivity index (χ0) is 15.0. The van der Waals surface area contributed by atoms with E-state index in [1.54, 1.807) is 0 Å². The van der Waals surface area contributed by atoms with Gasteiger partial charge in [-0.3, -0.25) is 4.79 Å². The van der Waals surface area contributed by atoms with E-state index in [1.807, 2.05) is 0 Å². The summed E-state index contributed by atoms with van der Waals surface area (Å²) in [7, 11) is 0. The van der Waals surface area contributed by atoms with Crippen molar-refractivity contribution in [2.75, 3.05) is 45.8 Å². The van der Waals surface area contributed by atoms with Crippen LogP contribution in [0.25, 0.3) is 0 Å². The summed E-state index contributed by atoms with van der Waals surface area (Å²) < 4.78 is 0. The standard InChI is InChI=1S/C15H31N3O2/c1-4-10-18-11-7-15(8-12-18,14(19)20)16-9-13-17(5-2)6-3/h16H,4-13H2,1-3H3,(H,19,20). The van der Waals surface area contributed by atoms with E-state index in [-0.39, 0.29) is 0 Å². The number of piperidine rings is 1. The maximum atomic E-state index is 11.7. The molecule has 1 rings (SSSR count). The Morgan fingerprint density at radius 1 is 1.25 bits per heavy atom. The molecule has 0 atom stereocenters. The molecule has 1 aliphatic rings. The van der Waals surface area contributed by atoms with E-state index in [4.69, 9.17) is 0 Å². The van der Waals surface area contributed by atoms with E-state index in [0.29, 0.717) is 12.8 Å². The summed E-state index contributed by atoms with van der Waals surface area (Å²) in [4.78, 5) is 16.3. The lowest BCUT2D eigenvalue weighted by atomic mass is 9.87. The van der Waals surface area contributed by atoms with Crippen LogP contribution >= 0.6 is 0 Å². The summed E-state index contributed by atoms with van der Waals surface area (Å²) in [5.41, 5.74) is -0.711. The summed E-state index contributed by atoms with van der Waals surface area (Å²) in [5, 5.41) is 12.9. The first-order chi connectivity index (χ1) is 9.57. The van der Waals surface area contributed by atoms with Gasteiger partial charge >= 0.3 is 5.97 Å². The van der Waals surface area contributed by atoms with Crippen LogP contribution in [0.2, 0.25) is 0 Å². The Morgan fingerprint density at radius 3 is 2.30 bits per heavy atom. The minimum Gasteiger partial charge on any atom is -0.480 e. The lowest BCUT2D eigenvalue weighted by Gasteiger charge is -2.39. The number of rotatable bonds is 9. The molecule has 1 aliphatic heterocycles. The maximum absolute atomic E-state index is 11.7. The Hall–Kier alpha value is -0.650. The van der Waals surface area contributed by atoms with Crippen molar-refractivity contribution in [2.24, 2.45) is 0 Å². The summed E-state index contributed by atoms with van der Waals surface area (Å²) >= 11 is 0. The van der Waals surface area contributed by atoms with E-state index in [9.17, 15) is 9.90 Å². The summed E-state index contributed by atoms with van der Waals surface area (Å²) in [5.74, 6) is -0.687. The molecule has 0 spiro atoms. The Bertz CT molecular complexity index is 285. The average molecular weight is 285 g/mol. The summed E-state index contributed by atoms with van der Waals surface area (Å²) in [6, 6.07) is 0. The number of carbonyl (C=O) groups is 1. The highest BCUT2D eigenvalue weighted by Gasteiger charge is 2.40. The predicted molar refractivity (Wildman–Crippen MR) is 82.1 cm³/mol. The lowest BCUT2D eigenvalue weighted by molar-refractivity contribution is -0.147. The Labute approximate surface area is 123 Å². The second-order valence-electron chi connectivity index (χ2n) is 5.68. The fraction of sp³-hybridized carbons (Fsp3) is 0.933. The number of carboxylic acids is 1. The van der Waals surface area contributed by atoms with Crippen molar-refractivity contribution >= 4 is 5.97 Å². The topological polar surface area (TPSA) is 55.8 Å².